The average Bonchev–Trinajstić information content (AvgIpc) is 2.62. The molecule has 0 aliphatic heterocycles. The Balaban J connectivity index is 1.84. The molecule has 2 N–H and O–H groups in total. The maximum atomic E-state index is 12.1. The Bertz CT molecular complexity index is 700. The van der Waals surface area contributed by atoms with Crippen LogP contribution in [-0.2, 0) is 4.79 Å². The van der Waals surface area contributed by atoms with E-state index in [0.29, 0.717) is 18.7 Å². The Morgan fingerprint density at radius 3 is 2.36 bits per heavy atom. The summed E-state index contributed by atoms with van der Waals surface area (Å²) in [6.45, 7) is 0.504. The third-order valence-corrected chi connectivity index (χ3v) is 3.74. The predicted molar refractivity (Wildman–Crippen MR) is 102 cm³/mol. The highest BCUT2D eigenvalue weighted by Gasteiger charge is 2.07. The maximum Gasteiger partial charge on any atom is 0.226 e. The van der Waals surface area contributed by atoms with Crippen molar-refractivity contribution in [2.45, 2.75) is 6.42 Å². The molecule has 0 atom stereocenters. The third-order valence-electron chi connectivity index (χ3n) is 3.74. The number of hydrogen-bond donors (Lipinski definition) is 2. The minimum Gasteiger partial charge on any atom is -0.497 e. The fraction of sp³-hybridized carbons (Fsp3) is 0.316. The van der Waals surface area contributed by atoms with Gasteiger partial charge in [0, 0.05) is 44.5 Å². The molecular weight excluding hydrogens is 318 g/mol. The van der Waals surface area contributed by atoms with Gasteiger partial charge in [0.2, 0.25) is 5.91 Å². The molecule has 0 spiro atoms. The first-order chi connectivity index (χ1) is 12.0. The van der Waals surface area contributed by atoms with E-state index in [9.17, 15) is 4.79 Å². The Kier molecular flexibility index (Phi) is 6.51. The maximum absolute atomic E-state index is 12.1. The summed E-state index contributed by atoms with van der Waals surface area (Å²) in [4.78, 5) is 14.1. The van der Waals surface area contributed by atoms with Crippen molar-refractivity contribution < 1.29 is 14.3 Å². The number of rotatable bonds is 8. The largest absolute Gasteiger partial charge is 0.497 e. The van der Waals surface area contributed by atoms with Gasteiger partial charge in [-0.05, 0) is 36.4 Å². The number of benzene rings is 2. The molecule has 0 aromatic heterocycles. The first-order valence-electron chi connectivity index (χ1n) is 8.06. The molecule has 1 amide bonds. The van der Waals surface area contributed by atoms with E-state index in [1.54, 1.807) is 20.3 Å². The lowest BCUT2D eigenvalue weighted by atomic mass is 10.2. The quantitative estimate of drug-likeness (QED) is 0.771. The number of carbonyl (C=O) groups excluding carboxylic acids is 1. The highest BCUT2D eigenvalue weighted by Crippen LogP contribution is 2.28. The number of hydrogen-bond acceptors (Lipinski definition) is 5. The lowest BCUT2D eigenvalue weighted by Gasteiger charge is -2.14. The summed E-state index contributed by atoms with van der Waals surface area (Å²) in [5, 5.41) is 6.10. The lowest BCUT2D eigenvalue weighted by Crippen LogP contribution is -2.16. The van der Waals surface area contributed by atoms with Gasteiger partial charge in [-0.15, -0.1) is 0 Å². The van der Waals surface area contributed by atoms with Crippen LogP contribution in [0.1, 0.15) is 6.42 Å². The third kappa shape index (κ3) is 5.31. The van der Waals surface area contributed by atoms with Crippen molar-refractivity contribution >= 4 is 23.0 Å². The van der Waals surface area contributed by atoms with Gasteiger partial charge in [0.25, 0.3) is 0 Å². The molecule has 0 saturated carbocycles. The second-order valence-electron chi connectivity index (χ2n) is 5.73. The van der Waals surface area contributed by atoms with Gasteiger partial charge in [-0.25, -0.2) is 0 Å². The summed E-state index contributed by atoms with van der Waals surface area (Å²) in [6.07, 6.45) is 0.352. The highest BCUT2D eigenvalue weighted by atomic mass is 16.5. The van der Waals surface area contributed by atoms with Crippen molar-refractivity contribution in [3.05, 3.63) is 42.5 Å². The molecule has 0 bridgehead atoms. The zero-order valence-corrected chi connectivity index (χ0v) is 15.1. The minimum absolute atomic E-state index is 0.0439. The van der Waals surface area contributed by atoms with Crippen LogP contribution in [0.3, 0.4) is 0 Å². The van der Waals surface area contributed by atoms with Crippen LogP contribution in [0.25, 0.3) is 0 Å². The molecule has 0 radical (unpaired) electrons. The van der Waals surface area contributed by atoms with Crippen molar-refractivity contribution in [1.82, 2.24) is 0 Å². The van der Waals surface area contributed by atoms with E-state index < -0.39 is 0 Å². The first kappa shape index (κ1) is 18.4. The van der Waals surface area contributed by atoms with Crippen molar-refractivity contribution in [1.29, 1.82) is 0 Å². The van der Waals surface area contributed by atoms with Gasteiger partial charge in [0.05, 0.1) is 19.9 Å². The molecule has 0 aliphatic rings. The molecule has 0 aliphatic carbocycles. The van der Waals surface area contributed by atoms with E-state index in [0.717, 1.165) is 22.8 Å². The van der Waals surface area contributed by atoms with Crippen LogP contribution in [0.5, 0.6) is 11.5 Å². The Hall–Kier alpha value is -2.89. The molecular formula is C19H25N3O3. The summed E-state index contributed by atoms with van der Waals surface area (Å²) in [5.74, 6) is 1.36. The van der Waals surface area contributed by atoms with Crippen molar-refractivity contribution in [2.24, 2.45) is 0 Å². The van der Waals surface area contributed by atoms with E-state index >= 15 is 0 Å². The fourth-order valence-corrected chi connectivity index (χ4v) is 2.32. The molecule has 2 aromatic carbocycles. The first-order valence-corrected chi connectivity index (χ1v) is 8.06. The van der Waals surface area contributed by atoms with Crippen LogP contribution in [-0.4, -0.2) is 40.8 Å². The van der Waals surface area contributed by atoms with Gasteiger partial charge in [0.15, 0.2) is 0 Å². The zero-order chi connectivity index (χ0) is 18.2. The minimum atomic E-state index is -0.0439. The molecule has 2 rings (SSSR count). The summed E-state index contributed by atoms with van der Waals surface area (Å²) < 4.78 is 10.5. The fourth-order valence-electron chi connectivity index (χ4n) is 2.32. The van der Waals surface area contributed by atoms with Crippen LogP contribution < -0.4 is 25.0 Å². The number of nitrogens with one attached hydrogen (secondary N) is 2. The topological polar surface area (TPSA) is 62.8 Å². The van der Waals surface area contributed by atoms with E-state index in [1.165, 1.54) is 0 Å². The van der Waals surface area contributed by atoms with Gasteiger partial charge in [-0.1, -0.05) is 0 Å². The summed E-state index contributed by atoms with van der Waals surface area (Å²) in [5.41, 5.74) is 2.70. The SMILES string of the molecule is COc1ccc(NCCC(=O)Nc2ccc(N(C)C)cc2)c(OC)c1. The molecule has 0 fully saturated rings. The van der Waals surface area contributed by atoms with Gasteiger partial charge in [-0.2, -0.15) is 0 Å². The number of carbonyl (C=O) groups is 1. The van der Waals surface area contributed by atoms with Gasteiger partial charge in [0.1, 0.15) is 11.5 Å². The van der Waals surface area contributed by atoms with E-state index in [-0.39, 0.29) is 5.91 Å². The Morgan fingerprint density at radius 1 is 1.04 bits per heavy atom. The molecule has 0 unspecified atom stereocenters. The Labute approximate surface area is 148 Å². The van der Waals surface area contributed by atoms with Gasteiger partial charge in [-0.3, -0.25) is 4.79 Å². The number of methoxy groups -OCH3 is 2. The molecule has 134 valence electrons. The van der Waals surface area contributed by atoms with Crippen LogP contribution >= 0.6 is 0 Å². The van der Waals surface area contributed by atoms with Gasteiger partial charge < -0.3 is 25.0 Å². The van der Waals surface area contributed by atoms with Gasteiger partial charge >= 0.3 is 0 Å². The molecule has 0 heterocycles. The summed E-state index contributed by atoms with van der Waals surface area (Å²) in [7, 11) is 7.17. The van der Waals surface area contributed by atoms with Crippen LogP contribution in [0.2, 0.25) is 0 Å². The van der Waals surface area contributed by atoms with E-state index in [1.807, 2.05) is 55.4 Å². The highest BCUT2D eigenvalue weighted by molar-refractivity contribution is 5.91. The second-order valence-corrected chi connectivity index (χ2v) is 5.73. The Morgan fingerprint density at radius 2 is 1.76 bits per heavy atom. The number of ether oxygens (including phenoxy) is 2. The zero-order valence-electron chi connectivity index (χ0n) is 15.1. The molecule has 2 aromatic rings. The smallest absolute Gasteiger partial charge is 0.226 e. The average molecular weight is 343 g/mol. The van der Waals surface area contributed by atoms with Crippen LogP contribution in [0.15, 0.2) is 42.5 Å². The predicted octanol–water partition coefficient (Wildman–Crippen LogP) is 3.21. The standard InChI is InChI=1S/C19H25N3O3/c1-22(2)15-7-5-14(6-8-15)21-19(23)11-12-20-17-10-9-16(24-3)13-18(17)25-4/h5-10,13,20H,11-12H2,1-4H3,(H,21,23). The lowest BCUT2D eigenvalue weighted by molar-refractivity contribution is -0.115. The number of amides is 1. The van der Waals surface area contributed by atoms with E-state index in [2.05, 4.69) is 10.6 Å². The van der Waals surface area contributed by atoms with Crippen molar-refractivity contribution in [3.63, 3.8) is 0 Å². The van der Waals surface area contributed by atoms with Crippen molar-refractivity contribution in [3.8, 4) is 11.5 Å². The molecule has 25 heavy (non-hydrogen) atoms. The molecule has 0 saturated heterocycles. The van der Waals surface area contributed by atoms with E-state index in [4.69, 9.17) is 9.47 Å². The second kappa shape index (κ2) is 8.82. The molecule has 6 heteroatoms. The molecule has 6 nitrogen and oxygen atoms in total. The van der Waals surface area contributed by atoms with Crippen LogP contribution in [0.4, 0.5) is 17.1 Å². The normalized spacial score (nSPS) is 10.1. The monoisotopic (exact) mass is 343 g/mol. The number of nitrogens with zero attached hydrogens (tertiary/aromatic N) is 1. The summed E-state index contributed by atoms with van der Waals surface area (Å²) >= 11 is 0. The number of anilines is 3. The van der Waals surface area contributed by atoms with Crippen LogP contribution in [0, 0.1) is 0 Å². The van der Waals surface area contributed by atoms with Crippen molar-refractivity contribution in [2.75, 3.05) is 50.4 Å². The summed E-state index contributed by atoms with van der Waals surface area (Å²) in [6, 6.07) is 13.2.